The lowest BCUT2D eigenvalue weighted by Crippen LogP contribution is -2.29. The van der Waals surface area contributed by atoms with Crippen molar-refractivity contribution in [3.05, 3.63) is 217 Å². The molecule has 0 unspecified atom stereocenters. The lowest BCUT2D eigenvalue weighted by molar-refractivity contribution is -0.384. The monoisotopic (exact) mass is 1120 g/mol. The second-order valence-electron chi connectivity index (χ2n) is 19.4. The maximum atomic E-state index is 12.6. The van der Waals surface area contributed by atoms with Crippen LogP contribution in [0.15, 0.2) is 106 Å². The van der Waals surface area contributed by atoms with Gasteiger partial charge in [0.15, 0.2) is 5.82 Å². The topological polar surface area (TPSA) is 219 Å². The molecular weight excluding hydrogens is 1070 g/mol. The number of nitro benzene ring substituents is 1. The molecule has 4 aliphatic rings. The Morgan fingerprint density at radius 1 is 0.407 bits per heavy atom. The first-order valence-electron chi connectivity index (χ1n) is 25.7. The third kappa shape index (κ3) is 10.3. The van der Waals surface area contributed by atoms with E-state index in [-0.39, 0.29) is 47.0 Å². The number of thiazole rings is 1. The van der Waals surface area contributed by atoms with Crippen LogP contribution in [0.5, 0.6) is 0 Å². The van der Waals surface area contributed by atoms with Crippen molar-refractivity contribution >= 4 is 98.7 Å². The first-order chi connectivity index (χ1) is 38.4. The van der Waals surface area contributed by atoms with Crippen molar-refractivity contribution in [2.24, 2.45) is 0 Å². The molecular formula is C62H56N6O11S2. The molecule has 0 N–H and O–H groups in total. The van der Waals surface area contributed by atoms with Crippen molar-refractivity contribution in [2.75, 3.05) is 19.6 Å². The van der Waals surface area contributed by atoms with Gasteiger partial charge in [-0.2, -0.15) is 0 Å². The Hall–Kier alpha value is -9.33. The minimum absolute atomic E-state index is 0.0901. The number of hydrogen-bond donors (Lipinski definition) is 0. The number of carbonyl (C=O) groups excluding carboxylic acids is 8. The fourth-order valence-electron chi connectivity index (χ4n) is 9.86. The summed E-state index contributed by atoms with van der Waals surface area (Å²) in [5.74, 6) is -0.998. The number of rotatable bonds is 5. The van der Waals surface area contributed by atoms with E-state index >= 15 is 0 Å². The Morgan fingerprint density at radius 3 is 1.02 bits per heavy atom. The van der Waals surface area contributed by atoms with Crippen molar-refractivity contribution in [3.63, 3.8) is 0 Å². The zero-order valence-corrected chi connectivity index (χ0v) is 48.4. The SMILES string of the molecule is CC.Cc1cc(N2C(=O)c3c(C)ccc(C)c3C2=O)cs1.Cc1ccc(C)c2c1C(=O)N(c1ccc([N+](=O)[O-])cc1)C2=O.Cc1ccc(N2C(=O)c3c(C)ccc(C)c3C2=O)o1.Cc1nc(N2C(=O)c3c(C)ccc(C)c3C2=O)cs1. The number of thiophene rings is 1. The third-order valence-corrected chi connectivity index (χ3v) is 15.5. The summed E-state index contributed by atoms with van der Waals surface area (Å²) < 4.78 is 5.40. The molecule has 0 aliphatic carbocycles. The van der Waals surface area contributed by atoms with Gasteiger partial charge in [-0.15, -0.1) is 22.7 Å². The number of non-ortho nitro benzene ring substituents is 1. The number of benzene rings is 5. The highest BCUT2D eigenvalue weighted by molar-refractivity contribution is 7.10. The van der Waals surface area contributed by atoms with Crippen molar-refractivity contribution < 1.29 is 47.7 Å². The summed E-state index contributed by atoms with van der Waals surface area (Å²) in [6.45, 7) is 24.2. The van der Waals surface area contributed by atoms with Crippen LogP contribution in [0.2, 0.25) is 0 Å². The molecule has 0 saturated heterocycles. The average Bonchev–Trinajstić information content (AvgIpc) is 4.47. The fourth-order valence-corrected chi connectivity index (χ4v) is 11.1. The van der Waals surface area contributed by atoms with E-state index in [4.69, 9.17) is 4.42 Å². The van der Waals surface area contributed by atoms with E-state index in [1.807, 2.05) is 117 Å². The molecule has 0 radical (unpaired) electrons. The van der Waals surface area contributed by atoms with Gasteiger partial charge in [-0.25, -0.2) is 24.6 Å². The number of furan rings is 1. The van der Waals surface area contributed by atoms with Crippen LogP contribution in [0, 0.1) is 86.3 Å². The zero-order chi connectivity index (χ0) is 59.2. The molecule has 12 rings (SSSR count). The normalized spacial score (nSPS) is 13.7. The van der Waals surface area contributed by atoms with Crippen LogP contribution in [-0.4, -0.2) is 57.2 Å². The molecule has 8 amide bonds. The molecule has 7 heterocycles. The Labute approximate surface area is 475 Å². The highest BCUT2D eigenvalue weighted by Gasteiger charge is 2.43. The van der Waals surface area contributed by atoms with Crippen LogP contribution >= 0.6 is 22.7 Å². The number of anilines is 4. The first kappa shape index (κ1) is 57.8. The summed E-state index contributed by atoms with van der Waals surface area (Å²) in [5, 5.41) is 15.1. The Morgan fingerprint density at radius 2 is 0.741 bits per heavy atom. The van der Waals surface area contributed by atoms with Gasteiger partial charge >= 0.3 is 0 Å². The summed E-state index contributed by atoms with van der Waals surface area (Å²) in [6.07, 6.45) is 0. The van der Waals surface area contributed by atoms with E-state index in [0.29, 0.717) is 67.5 Å². The number of carbonyl (C=O) groups is 8. The summed E-state index contributed by atoms with van der Waals surface area (Å²) in [6, 6.07) is 25.5. The van der Waals surface area contributed by atoms with Crippen molar-refractivity contribution in [3.8, 4) is 0 Å². The Bertz CT molecular complexity index is 3540. The lowest BCUT2D eigenvalue weighted by atomic mass is 9.99. The molecule has 0 bridgehead atoms. The molecule has 0 atom stereocenters. The van der Waals surface area contributed by atoms with Crippen LogP contribution in [0.25, 0.3) is 0 Å². The second kappa shape index (κ2) is 22.8. The average molecular weight is 1130 g/mol. The number of fused-ring (bicyclic) bond motifs is 4. The third-order valence-electron chi connectivity index (χ3n) is 13.9. The Balaban J connectivity index is 0.000000140. The highest BCUT2D eigenvalue weighted by Crippen LogP contribution is 2.38. The zero-order valence-electron chi connectivity index (χ0n) is 46.8. The molecule has 5 aromatic carbocycles. The number of nitro groups is 1. The van der Waals surface area contributed by atoms with Gasteiger partial charge in [-0.05, 0) is 145 Å². The van der Waals surface area contributed by atoms with E-state index < -0.39 is 16.7 Å². The number of nitrogens with zero attached hydrogens (tertiary/aromatic N) is 6. The van der Waals surface area contributed by atoms with Crippen molar-refractivity contribution in [1.82, 2.24) is 4.98 Å². The molecule has 17 nitrogen and oxygen atoms in total. The van der Waals surface area contributed by atoms with Crippen LogP contribution in [0.3, 0.4) is 0 Å². The quantitative estimate of drug-likeness (QED) is 0.0893. The maximum Gasteiger partial charge on any atom is 0.269 e. The van der Waals surface area contributed by atoms with Crippen LogP contribution < -0.4 is 19.6 Å². The molecule has 0 spiro atoms. The molecule has 4 aliphatic heterocycles. The summed E-state index contributed by atoms with van der Waals surface area (Å²) in [5.41, 5.74) is 11.3. The van der Waals surface area contributed by atoms with Gasteiger partial charge in [0.25, 0.3) is 52.9 Å². The van der Waals surface area contributed by atoms with Gasteiger partial charge in [0.1, 0.15) is 5.76 Å². The number of aromatic nitrogens is 1. The number of amides is 8. The second-order valence-corrected chi connectivity index (χ2v) is 21.6. The molecule has 0 saturated carbocycles. The van der Waals surface area contributed by atoms with Gasteiger partial charge in [0.05, 0.1) is 65.8 Å². The van der Waals surface area contributed by atoms with Crippen LogP contribution in [0.4, 0.5) is 28.8 Å². The first-order valence-corrected chi connectivity index (χ1v) is 27.4. The summed E-state index contributed by atoms with van der Waals surface area (Å²) in [7, 11) is 0. The van der Waals surface area contributed by atoms with Crippen LogP contribution in [-0.2, 0) is 0 Å². The van der Waals surface area contributed by atoms with Crippen LogP contribution in [0.1, 0.15) is 157 Å². The molecule has 81 heavy (non-hydrogen) atoms. The summed E-state index contributed by atoms with van der Waals surface area (Å²) in [4.78, 5) is 120. The van der Waals surface area contributed by atoms with Crippen molar-refractivity contribution in [1.29, 1.82) is 0 Å². The minimum Gasteiger partial charge on any atom is -0.445 e. The fraction of sp³-hybridized carbons (Fsp3) is 0.210. The predicted molar refractivity (Wildman–Crippen MR) is 312 cm³/mol. The van der Waals surface area contributed by atoms with Crippen molar-refractivity contribution in [2.45, 2.75) is 90.0 Å². The van der Waals surface area contributed by atoms with E-state index in [1.165, 1.54) is 56.7 Å². The standard InChI is InChI=1S/C16H12N2O4.C15H13NO3.C15H13NO2S.C14H12N2O2S.C2H6/c1-9-3-4-10(2)14-13(9)15(19)17(16(14)20)11-5-7-12(8-6-11)18(21)22;1-8-4-5-9(2)13-12(8)14(17)16(15(13)18)11-7-6-10(3)19-11;1-8-4-5-9(2)13-12(8)14(17)16(15(13)18)11-6-10(3)19-7-11;1-7-4-5-8(2)12-11(7)13(17)16(14(12)18)10-6-19-9(3)15-10;1-2/h3-8H,1-2H3;2*4-7H,1-3H3;4-6H,1-3H3;1-2H3. The van der Waals surface area contributed by atoms with E-state index in [1.54, 1.807) is 50.4 Å². The summed E-state index contributed by atoms with van der Waals surface area (Å²) >= 11 is 2.96. The van der Waals surface area contributed by atoms with Gasteiger partial charge in [0, 0.05) is 33.8 Å². The predicted octanol–water partition coefficient (Wildman–Crippen LogP) is 13.4. The lowest BCUT2D eigenvalue weighted by Gasteiger charge is -2.13. The largest absolute Gasteiger partial charge is 0.445 e. The molecule has 8 aromatic rings. The molecule has 19 heteroatoms. The molecule has 0 fully saturated rings. The highest BCUT2D eigenvalue weighted by atomic mass is 32.1. The van der Waals surface area contributed by atoms with Gasteiger partial charge in [-0.3, -0.25) is 48.5 Å². The minimum atomic E-state index is -0.527. The van der Waals surface area contributed by atoms with Gasteiger partial charge < -0.3 is 4.42 Å². The molecule has 412 valence electrons. The van der Waals surface area contributed by atoms with E-state index in [9.17, 15) is 48.5 Å². The van der Waals surface area contributed by atoms with E-state index in [2.05, 4.69) is 4.98 Å². The maximum absolute atomic E-state index is 12.6. The number of imide groups is 4. The van der Waals surface area contributed by atoms with Gasteiger partial charge in [-0.1, -0.05) is 62.4 Å². The number of aryl methyl sites for hydroxylation is 11. The molecule has 3 aromatic heterocycles. The van der Waals surface area contributed by atoms with Gasteiger partial charge in [0.2, 0.25) is 5.88 Å². The van der Waals surface area contributed by atoms with E-state index in [0.717, 1.165) is 64.2 Å². The Kier molecular flexibility index (Phi) is 16.3. The smallest absolute Gasteiger partial charge is 0.269 e. The number of hydrogen-bond acceptors (Lipinski definition) is 14.